The molecule has 1 fully saturated rings. The summed E-state index contributed by atoms with van der Waals surface area (Å²) in [7, 11) is -2.00. The largest absolute Gasteiger partial charge is 0.396 e. The molecule has 20 heavy (non-hydrogen) atoms. The third-order valence-electron chi connectivity index (χ3n) is 3.63. The Kier molecular flexibility index (Phi) is 4.31. The molecule has 5 nitrogen and oxygen atoms in total. The molecule has 0 bridgehead atoms. The van der Waals surface area contributed by atoms with E-state index < -0.39 is 15.8 Å². The van der Waals surface area contributed by atoms with Gasteiger partial charge in [-0.3, -0.25) is 0 Å². The number of ether oxygens (including phenoxy) is 1. The van der Waals surface area contributed by atoms with Crippen molar-refractivity contribution in [3.05, 3.63) is 23.5 Å². The first-order chi connectivity index (χ1) is 9.36. The Hall–Kier alpha value is -1.18. The first-order valence-corrected chi connectivity index (χ1v) is 7.89. The van der Waals surface area contributed by atoms with E-state index in [1.807, 2.05) is 0 Å². The molecule has 1 aliphatic rings. The number of aryl methyl sites for hydroxylation is 1. The Balaban J connectivity index is 2.27. The Morgan fingerprint density at radius 3 is 2.45 bits per heavy atom. The first-order valence-electron chi connectivity index (χ1n) is 6.45. The second kappa shape index (κ2) is 5.67. The predicted molar refractivity (Wildman–Crippen MR) is 74.3 cm³/mol. The smallest absolute Gasteiger partial charge is 0.243 e. The summed E-state index contributed by atoms with van der Waals surface area (Å²) in [6.07, 6.45) is 1.41. The van der Waals surface area contributed by atoms with E-state index in [9.17, 15) is 12.8 Å². The summed E-state index contributed by atoms with van der Waals surface area (Å²) in [5.41, 5.74) is 5.60. The van der Waals surface area contributed by atoms with Crippen molar-refractivity contribution in [3.63, 3.8) is 0 Å². The summed E-state index contributed by atoms with van der Waals surface area (Å²) >= 11 is 0. The predicted octanol–water partition coefficient (Wildman–Crippen LogP) is 1.52. The molecule has 0 atom stereocenters. The average molecular weight is 302 g/mol. The number of sulfonamides is 1. The molecule has 2 N–H and O–H groups in total. The number of anilines is 1. The number of rotatable bonds is 3. The summed E-state index contributed by atoms with van der Waals surface area (Å²) in [5, 5.41) is 0. The highest BCUT2D eigenvalue weighted by Crippen LogP contribution is 2.26. The standard InChI is InChI=1S/C13H19FN2O3S/c1-9-7-11(8-12(15)13(9)14)20(17,18)16-5-3-10(19-2)4-6-16/h7-8,10H,3-6,15H2,1-2H3. The molecular formula is C13H19FN2O3S. The van der Waals surface area contributed by atoms with Gasteiger partial charge in [-0.05, 0) is 37.5 Å². The fraction of sp³-hybridized carbons (Fsp3) is 0.538. The number of hydrogen-bond acceptors (Lipinski definition) is 4. The van der Waals surface area contributed by atoms with Crippen LogP contribution in [0.25, 0.3) is 0 Å². The third-order valence-corrected chi connectivity index (χ3v) is 5.50. The summed E-state index contributed by atoms with van der Waals surface area (Å²) in [6.45, 7) is 2.30. The van der Waals surface area contributed by atoms with E-state index in [0.717, 1.165) is 0 Å². The molecule has 1 aromatic rings. The van der Waals surface area contributed by atoms with Crippen LogP contribution in [-0.4, -0.2) is 39.0 Å². The lowest BCUT2D eigenvalue weighted by Crippen LogP contribution is -2.40. The van der Waals surface area contributed by atoms with Gasteiger partial charge in [0, 0.05) is 20.2 Å². The lowest BCUT2D eigenvalue weighted by Gasteiger charge is -2.30. The fourth-order valence-corrected chi connectivity index (χ4v) is 3.96. The Labute approximate surface area is 118 Å². The molecule has 0 saturated carbocycles. The zero-order valence-corrected chi connectivity index (χ0v) is 12.4. The number of methoxy groups -OCH3 is 1. The van der Waals surface area contributed by atoms with Gasteiger partial charge in [-0.1, -0.05) is 0 Å². The van der Waals surface area contributed by atoms with Gasteiger partial charge < -0.3 is 10.5 Å². The van der Waals surface area contributed by atoms with Crippen LogP contribution in [-0.2, 0) is 14.8 Å². The number of nitrogen functional groups attached to an aromatic ring is 1. The van der Waals surface area contributed by atoms with Gasteiger partial charge in [0.25, 0.3) is 0 Å². The van der Waals surface area contributed by atoms with Crippen molar-refractivity contribution in [1.82, 2.24) is 4.31 Å². The topological polar surface area (TPSA) is 72.6 Å². The van der Waals surface area contributed by atoms with Crippen molar-refractivity contribution in [3.8, 4) is 0 Å². The highest BCUT2D eigenvalue weighted by atomic mass is 32.2. The summed E-state index contributed by atoms with van der Waals surface area (Å²) < 4.78 is 45.1. The number of nitrogens with zero attached hydrogens (tertiary/aromatic N) is 1. The van der Waals surface area contributed by atoms with Crippen molar-refractivity contribution < 1.29 is 17.5 Å². The molecule has 1 saturated heterocycles. The van der Waals surface area contributed by atoms with Crippen LogP contribution in [0.3, 0.4) is 0 Å². The average Bonchev–Trinajstić information content (AvgIpc) is 2.44. The second-order valence-corrected chi connectivity index (χ2v) is 6.92. The van der Waals surface area contributed by atoms with Crippen molar-refractivity contribution >= 4 is 15.7 Å². The Bertz CT molecular complexity index is 573. The van der Waals surface area contributed by atoms with Crippen LogP contribution >= 0.6 is 0 Å². The lowest BCUT2D eigenvalue weighted by molar-refractivity contribution is 0.0604. The minimum Gasteiger partial charge on any atom is -0.396 e. The van der Waals surface area contributed by atoms with Gasteiger partial charge in [0.15, 0.2) is 0 Å². The SMILES string of the molecule is COC1CCN(S(=O)(=O)c2cc(C)c(F)c(N)c2)CC1. The minimum absolute atomic E-state index is 0.0461. The van der Waals surface area contributed by atoms with Gasteiger partial charge in [0.1, 0.15) is 5.82 Å². The van der Waals surface area contributed by atoms with Crippen LogP contribution in [0.1, 0.15) is 18.4 Å². The van der Waals surface area contributed by atoms with E-state index >= 15 is 0 Å². The number of hydrogen-bond donors (Lipinski definition) is 1. The van der Waals surface area contributed by atoms with Crippen molar-refractivity contribution in [2.75, 3.05) is 25.9 Å². The molecule has 112 valence electrons. The molecule has 0 unspecified atom stereocenters. The number of piperidine rings is 1. The molecule has 7 heteroatoms. The maximum absolute atomic E-state index is 13.5. The van der Waals surface area contributed by atoms with E-state index in [1.54, 1.807) is 7.11 Å². The lowest BCUT2D eigenvalue weighted by atomic mass is 10.1. The highest BCUT2D eigenvalue weighted by molar-refractivity contribution is 7.89. The van der Waals surface area contributed by atoms with Crippen LogP contribution in [0.4, 0.5) is 10.1 Å². The van der Waals surface area contributed by atoms with E-state index in [1.165, 1.54) is 23.4 Å². The summed E-state index contributed by atoms with van der Waals surface area (Å²) in [6, 6.07) is 2.50. The molecule has 0 spiro atoms. The molecule has 0 aliphatic carbocycles. The highest BCUT2D eigenvalue weighted by Gasteiger charge is 2.30. The molecule has 2 rings (SSSR count). The summed E-state index contributed by atoms with van der Waals surface area (Å²) in [5.74, 6) is -0.568. The Morgan fingerprint density at radius 1 is 1.35 bits per heavy atom. The van der Waals surface area contributed by atoms with Crippen molar-refractivity contribution in [2.24, 2.45) is 0 Å². The minimum atomic E-state index is -3.62. The van der Waals surface area contributed by atoms with Crippen LogP contribution in [0, 0.1) is 12.7 Å². The molecule has 1 heterocycles. The molecule has 1 aromatic carbocycles. The number of nitrogens with two attached hydrogens (primary N) is 1. The Morgan fingerprint density at radius 2 is 1.95 bits per heavy atom. The van der Waals surface area contributed by atoms with Gasteiger partial charge >= 0.3 is 0 Å². The van der Waals surface area contributed by atoms with Gasteiger partial charge in [-0.2, -0.15) is 4.31 Å². The fourth-order valence-electron chi connectivity index (χ4n) is 2.37. The van der Waals surface area contributed by atoms with Crippen LogP contribution in [0.5, 0.6) is 0 Å². The molecule has 0 amide bonds. The second-order valence-electron chi connectivity index (χ2n) is 4.98. The third kappa shape index (κ3) is 2.79. The van der Waals surface area contributed by atoms with E-state index in [-0.39, 0.29) is 22.3 Å². The van der Waals surface area contributed by atoms with Gasteiger partial charge in [0.05, 0.1) is 16.7 Å². The molecule has 0 radical (unpaired) electrons. The molecule has 1 aliphatic heterocycles. The zero-order valence-electron chi connectivity index (χ0n) is 11.6. The summed E-state index contributed by atoms with van der Waals surface area (Å²) in [4.78, 5) is 0.0461. The van der Waals surface area contributed by atoms with Crippen molar-refractivity contribution in [1.29, 1.82) is 0 Å². The normalized spacial score (nSPS) is 18.4. The van der Waals surface area contributed by atoms with E-state index in [4.69, 9.17) is 10.5 Å². The van der Waals surface area contributed by atoms with Gasteiger partial charge in [0.2, 0.25) is 10.0 Å². The number of halogens is 1. The first kappa shape index (κ1) is 15.2. The molecular weight excluding hydrogens is 283 g/mol. The monoisotopic (exact) mass is 302 g/mol. The van der Waals surface area contributed by atoms with E-state index in [0.29, 0.717) is 25.9 Å². The number of benzene rings is 1. The maximum Gasteiger partial charge on any atom is 0.243 e. The van der Waals surface area contributed by atoms with E-state index in [2.05, 4.69) is 0 Å². The molecule has 0 aromatic heterocycles. The quantitative estimate of drug-likeness (QED) is 0.859. The van der Waals surface area contributed by atoms with Crippen LogP contribution in [0.2, 0.25) is 0 Å². The van der Waals surface area contributed by atoms with Gasteiger partial charge in [-0.15, -0.1) is 0 Å². The zero-order chi connectivity index (χ0) is 14.9. The van der Waals surface area contributed by atoms with Crippen LogP contribution in [0.15, 0.2) is 17.0 Å². The van der Waals surface area contributed by atoms with Crippen molar-refractivity contribution in [2.45, 2.75) is 30.8 Å². The maximum atomic E-state index is 13.5. The van der Waals surface area contributed by atoms with Crippen LogP contribution < -0.4 is 5.73 Å². The van der Waals surface area contributed by atoms with Gasteiger partial charge in [-0.25, -0.2) is 12.8 Å².